The first-order valence-electron chi connectivity index (χ1n) is 7.68. The molecule has 3 nitrogen and oxygen atoms in total. The number of aromatic nitrogens is 2. The molecule has 2 atom stereocenters. The highest BCUT2D eigenvalue weighted by Gasteiger charge is 2.41. The topological polar surface area (TPSA) is 37.8 Å². The van der Waals surface area contributed by atoms with Gasteiger partial charge in [0.2, 0.25) is 0 Å². The molecular weight excluding hydrogens is 323 g/mol. The Labute approximate surface area is 137 Å². The lowest BCUT2D eigenvalue weighted by Gasteiger charge is -2.31. The monoisotopic (exact) mass is 341 g/mol. The molecule has 23 heavy (non-hydrogen) atoms. The lowest BCUT2D eigenvalue weighted by molar-refractivity contribution is -0.183. The molecule has 2 unspecified atom stereocenters. The van der Waals surface area contributed by atoms with Crippen LogP contribution in [0.5, 0.6) is 0 Å². The summed E-state index contributed by atoms with van der Waals surface area (Å²) in [6.45, 7) is 0.499. The second-order valence-corrected chi connectivity index (χ2v) is 6.70. The number of hydrogen-bond donors (Lipinski definition) is 1. The van der Waals surface area contributed by atoms with Crippen LogP contribution in [0.3, 0.4) is 0 Å². The van der Waals surface area contributed by atoms with Crippen molar-refractivity contribution >= 4 is 11.3 Å². The minimum absolute atomic E-state index is 0.0876. The average molecular weight is 341 g/mol. The molecule has 1 N–H and O–H groups in total. The lowest BCUT2D eigenvalue weighted by atomic mass is 9.85. The molecule has 0 saturated heterocycles. The van der Waals surface area contributed by atoms with Gasteiger partial charge in [-0.3, -0.25) is 4.98 Å². The SMILES string of the molecule is FC(F)(F)C1CCCC(NCc2csc(-c3ccccn3)n2)C1. The summed E-state index contributed by atoms with van der Waals surface area (Å²) >= 11 is 1.50. The van der Waals surface area contributed by atoms with E-state index in [4.69, 9.17) is 0 Å². The largest absolute Gasteiger partial charge is 0.391 e. The van der Waals surface area contributed by atoms with E-state index in [1.165, 1.54) is 11.3 Å². The summed E-state index contributed by atoms with van der Waals surface area (Å²) in [4.78, 5) is 8.76. The molecule has 0 bridgehead atoms. The zero-order valence-corrected chi connectivity index (χ0v) is 13.3. The summed E-state index contributed by atoms with van der Waals surface area (Å²) < 4.78 is 38.5. The molecule has 0 radical (unpaired) electrons. The highest BCUT2D eigenvalue weighted by atomic mass is 32.1. The Bertz CT molecular complexity index is 627. The summed E-state index contributed by atoms with van der Waals surface area (Å²) in [5.41, 5.74) is 1.67. The molecule has 2 heterocycles. The molecule has 0 aliphatic heterocycles. The predicted octanol–water partition coefficient (Wildman–Crippen LogP) is 4.42. The molecule has 7 heteroatoms. The summed E-state index contributed by atoms with van der Waals surface area (Å²) in [7, 11) is 0. The number of halogens is 3. The lowest BCUT2D eigenvalue weighted by Crippen LogP contribution is -2.38. The van der Waals surface area contributed by atoms with Crippen molar-refractivity contribution in [2.75, 3.05) is 0 Å². The second-order valence-electron chi connectivity index (χ2n) is 5.84. The van der Waals surface area contributed by atoms with Gasteiger partial charge in [0, 0.05) is 24.2 Å². The number of nitrogens with zero attached hydrogens (tertiary/aromatic N) is 2. The molecule has 3 rings (SSSR count). The van der Waals surface area contributed by atoms with Gasteiger partial charge in [-0.25, -0.2) is 4.98 Å². The van der Waals surface area contributed by atoms with E-state index >= 15 is 0 Å². The third kappa shape index (κ3) is 4.29. The van der Waals surface area contributed by atoms with Crippen LogP contribution in [0.15, 0.2) is 29.8 Å². The van der Waals surface area contributed by atoms with Crippen molar-refractivity contribution in [2.45, 2.75) is 44.4 Å². The van der Waals surface area contributed by atoms with Crippen LogP contribution in [0.1, 0.15) is 31.4 Å². The van der Waals surface area contributed by atoms with Gasteiger partial charge in [-0.15, -0.1) is 11.3 Å². The van der Waals surface area contributed by atoms with Gasteiger partial charge in [0.1, 0.15) is 5.01 Å². The van der Waals surface area contributed by atoms with Crippen molar-refractivity contribution in [1.82, 2.24) is 15.3 Å². The summed E-state index contributed by atoms with van der Waals surface area (Å²) in [5.74, 6) is -1.17. The minimum Gasteiger partial charge on any atom is -0.308 e. The number of alkyl halides is 3. The molecule has 1 aliphatic carbocycles. The maximum absolute atomic E-state index is 12.8. The van der Waals surface area contributed by atoms with Crippen LogP contribution < -0.4 is 5.32 Å². The molecular formula is C16H18F3N3S. The van der Waals surface area contributed by atoms with Gasteiger partial charge in [-0.2, -0.15) is 13.2 Å². The van der Waals surface area contributed by atoms with E-state index in [-0.39, 0.29) is 18.9 Å². The van der Waals surface area contributed by atoms with E-state index in [0.29, 0.717) is 13.0 Å². The first-order valence-corrected chi connectivity index (χ1v) is 8.56. The summed E-state index contributed by atoms with van der Waals surface area (Å²) in [5, 5.41) is 5.99. The van der Waals surface area contributed by atoms with Crippen LogP contribution in [0, 0.1) is 5.92 Å². The van der Waals surface area contributed by atoms with Crippen LogP contribution in [-0.2, 0) is 6.54 Å². The van der Waals surface area contributed by atoms with Gasteiger partial charge in [0.15, 0.2) is 0 Å². The van der Waals surface area contributed by atoms with Crippen molar-refractivity contribution in [3.63, 3.8) is 0 Å². The van der Waals surface area contributed by atoms with Gasteiger partial charge >= 0.3 is 6.18 Å². The van der Waals surface area contributed by atoms with Crippen molar-refractivity contribution in [1.29, 1.82) is 0 Å². The van der Waals surface area contributed by atoms with Crippen LogP contribution in [0.2, 0.25) is 0 Å². The van der Waals surface area contributed by atoms with E-state index in [9.17, 15) is 13.2 Å². The molecule has 0 amide bonds. The standard InChI is InChI=1S/C16H18F3N3S/c17-16(18,19)11-4-3-5-12(8-11)21-9-13-10-23-15(22-13)14-6-1-2-7-20-14/h1-2,6-7,10-12,21H,3-5,8-9H2. The maximum Gasteiger partial charge on any atom is 0.391 e. The van der Waals surface area contributed by atoms with E-state index in [2.05, 4.69) is 15.3 Å². The first kappa shape index (κ1) is 16.4. The third-order valence-corrected chi connectivity index (χ3v) is 5.06. The number of thiazole rings is 1. The Morgan fingerprint density at radius 2 is 2.13 bits per heavy atom. The van der Waals surface area contributed by atoms with Gasteiger partial charge < -0.3 is 5.32 Å². The Morgan fingerprint density at radius 1 is 1.26 bits per heavy atom. The van der Waals surface area contributed by atoms with E-state index in [0.717, 1.165) is 22.8 Å². The molecule has 1 aliphatic rings. The summed E-state index contributed by atoms with van der Waals surface area (Å²) in [6, 6.07) is 5.56. The highest BCUT2D eigenvalue weighted by molar-refractivity contribution is 7.13. The van der Waals surface area contributed by atoms with Gasteiger partial charge in [0.25, 0.3) is 0 Å². The fourth-order valence-electron chi connectivity index (χ4n) is 2.92. The Kier molecular flexibility index (Phi) is 4.96. The van der Waals surface area contributed by atoms with Crippen molar-refractivity contribution < 1.29 is 13.2 Å². The molecule has 2 aromatic heterocycles. The van der Waals surface area contributed by atoms with Crippen molar-refractivity contribution in [3.05, 3.63) is 35.5 Å². The van der Waals surface area contributed by atoms with Crippen LogP contribution >= 0.6 is 11.3 Å². The molecule has 124 valence electrons. The zero-order valence-electron chi connectivity index (χ0n) is 12.5. The number of rotatable bonds is 4. The van der Waals surface area contributed by atoms with Gasteiger partial charge in [-0.1, -0.05) is 12.5 Å². The number of hydrogen-bond acceptors (Lipinski definition) is 4. The smallest absolute Gasteiger partial charge is 0.308 e. The van der Waals surface area contributed by atoms with Crippen LogP contribution in [0.4, 0.5) is 13.2 Å². The first-order chi connectivity index (χ1) is 11.0. The predicted molar refractivity (Wildman–Crippen MR) is 84.0 cm³/mol. The number of pyridine rings is 1. The van der Waals surface area contributed by atoms with Crippen molar-refractivity contribution in [3.8, 4) is 10.7 Å². The van der Waals surface area contributed by atoms with Gasteiger partial charge in [-0.05, 0) is 31.4 Å². The normalized spacial score (nSPS) is 22.2. The highest BCUT2D eigenvalue weighted by Crippen LogP contribution is 2.37. The quantitative estimate of drug-likeness (QED) is 0.895. The molecule has 0 spiro atoms. The average Bonchev–Trinajstić information content (AvgIpc) is 3.02. The van der Waals surface area contributed by atoms with E-state index in [1.807, 2.05) is 23.6 Å². The Morgan fingerprint density at radius 3 is 2.87 bits per heavy atom. The minimum atomic E-state index is -4.08. The zero-order chi connectivity index (χ0) is 16.3. The molecule has 0 aromatic carbocycles. The molecule has 1 saturated carbocycles. The Balaban J connectivity index is 1.56. The third-order valence-electron chi connectivity index (χ3n) is 4.14. The fraction of sp³-hybridized carbons (Fsp3) is 0.500. The maximum atomic E-state index is 12.8. The Hall–Kier alpha value is -1.47. The fourth-order valence-corrected chi connectivity index (χ4v) is 3.71. The van der Waals surface area contributed by atoms with E-state index < -0.39 is 12.1 Å². The number of nitrogens with one attached hydrogen (secondary N) is 1. The van der Waals surface area contributed by atoms with E-state index in [1.54, 1.807) is 6.20 Å². The van der Waals surface area contributed by atoms with Crippen molar-refractivity contribution in [2.24, 2.45) is 5.92 Å². The molecule has 2 aromatic rings. The van der Waals surface area contributed by atoms with Crippen LogP contribution in [0.25, 0.3) is 10.7 Å². The summed E-state index contributed by atoms with van der Waals surface area (Å²) in [6.07, 6.45) is -0.522. The van der Waals surface area contributed by atoms with Gasteiger partial charge in [0.05, 0.1) is 17.3 Å². The van der Waals surface area contributed by atoms with Crippen LogP contribution in [-0.4, -0.2) is 22.2 Å². The second kappa shape index (κ2) is 6.97. The molecule has 1 fully saturated rings.